The van der Waals surface area contributed by atoms with Gasteiger partial charge in [-0.1, -0.05) is 23.8 Å². The number of carbonyl (C=O) groups is 3. The molecule has 0 radical (unpaired) electrons. The van der Waals surface area contributed by atoms with Gasteiger partial charge in [-0.15, -0.1) is 0 Å². The molecule has 0 saturated carbocycles. The number of benzene rings is 3. The van der Waals surface area contributed by atoms with Crippen LogP contribution in [0.25, 0.3) is 6.08 Å². The van der Waals surface area contributed by atoms with Crippen molar-refractivity contribution in [3.8, 4) is 23.0 Å². The first kappa shape index (κ1) is 26.2. The highest BCUT2D eigenvalue weighted by Gasteiger charge is 2.25. The Hall–Kier alpha value is -4.92. The summed E-state index contributed by atoms with van der Waals surface area (Å²) in [4.78, 5) is 40.7. The smallest absolute Gasteiger partial charge is 0.363 e. The Kier molecular flexibility index (Phi) is 7.86. The minimum atomic E-state index is -0.643. The summed E-state index contributed by atoms with van der Waals surface area (Å²) in [6.45, 7) is 5.32. The Morgan fingerprint density at radius 3 is 2.42 bits per heavy atom. The first-order chi connectivity index (χ1) is 18.3. The first-order valence-corrected chi connectivity index (χ1v) is 11.7. The van der Waals surface area contributed by atoms with E-state index in [2.05, 4.69) is 4.99 Å². The third-order valence-electron chi connectivity index (χ3n) is 5.31. The molecular formula is C29H25NO8. The van der Waals surface area contributed by atoms with Crippen molar-refractivity contribution in [3.63, 3.8) is 0 Å². The lowest BCUT2D eigenvalue weighted by Crippen LogP contribution is -2.10. The van der Waals surface area contributed by atoms with E-state index < -0.39 is 17.9 Å². The van der Waals surface area contributed by atoms with Crippen molar-refractivity contribution in [2.24, 2.45) is 4.99 Å². The first-order valence-electron chi connectivity index (χ1n) is 11.7. The van der Waals surface area contributed by atoms with Crippen LogP contribution in [-0.4, -0.2) is 37.5 Å². The Balaban J connectivity index is 1.59. The van der Waals surface area contributed by atoms with Crippen LogP contribution < -0.4 is 18.9 Å². The maximum absolute atomic E-state index is 12.6. The van der Waals surface area contributed by atoms with Crippen LogP contribution in [0.1, 0.15) is 40.9 Å². The quantitative estimate of drug-likeness (QED) is 0.237. The van der Waals surface area contributed by atoms with E-state index in [1.165, 1.54) is 26.2 Å². The minimum absolute atomic E-state index is 0.0648. The molecule has 1 aliphatic rings. The van der Waals surface area contributed by atoms with E-state index in [0.29, 0.717) is 29.0 Å². The molecule has 0 amide bonds. The van der Waals surface area contributed by atoms with Crippen LogP contribution >= 0.6 is 0 Å². The maximum Gasteiger partial charge on any atom is 0.363 e. The number of aryl methyl sites for hydroxylation is 1. The highest BCUT2D eigenvalue weighted by molar-refractivity contribution is 6.13. The van der Waals surface area contributed by atoms with Gasteiger partial charge in [0.1, 0.15) is 0 Å². The number of aliphatic imine (C=N–C) groups is 1. The fourth-order valence-electron chi connectivity index (χ4n) is 3.63. The summed E-state index contributed by atoms with van der Waals surface area (Å²) in [5.41, 5.74) is 2.47. The highest BCUT2D eigenvalue weighted by Crippen LogP contribution is 2.32. The van der Waals surface area contributed by atoms with Crippen LogP contribution in [0.4, 0.5) is 0 Å². The van der Waals surface area contributed by atoms with E-state index >= 15 is 0 Å². The number of ether oxygens (including phenoxy) is 5. The van der Waals surface area contributed by atoms with E-state index in [4.69, 9.17) is 23.7 Å². The average molecular weight is 516 g/mol. The zero-order valence-corrected chi connectivity index (χ0v) is 21.3. The number of nitrogens with zero attached hydrogens (tertiary/aromatic N) is 1. The Morgan fingerprint density at radius 2 is 1.71 bits per heavy atom. The number of hydrogen-bond donors (Lipinski definition) is 0. The third-order valence-corrected chi connectivity index (χ3v) is 5.31. The summed E-state index contributed by atoms with van der Waals surface area (Å²) in [6, 6.07) is 16.7. The molecule has 0 aliphatic carbocycles. The van der Waals surface area contributed by atoms with Gasteiger partial charge in [-0.3, -0.25) is 4.79 Å². The Morgan fingerprint density at radius 1 is 0.947 bits per heavy atom. The Bertz CT molecular complexity index is 1470. The topological polar surface area (TPSA) is 110 Å². The lowest BCUT2D eigenvalue weighted by molar-refractivity contribution is -0.132. The molecular weight excluding hydrogens is 490 g/mol. The average Bonchev–Trinajstić information content (AvgIpc) is 3.25. The lowest BCUT2D eigenvalue weighted by Gasteiger charge is -2.11. The SMILES string of the molecule is CCOc1cc(/C=C2\N=C(c3ccc(OC(C)=O)c(OC)c3)OC2=O)ccc1OC(=O)c1cccc(C)c1. The van der Waals surface area contributed by atoms with Gasteiger partial charge >= 0.3 is 17.9 Å². The van der Waals surface area contributed by atoms with Gasteiger partial charge in [-0.25, -0.2) is 14.6 Å². The predicted octanol–water partition coefficient (Wildman–Crippen LogP) is 4.89. The van der Waals surface area contributed by atoms with Gasteiger partial charge in [0.2, 0.25) is 5.90 Å². The van der Waals surface area contributed by atoms with E-state index in [1.807, 2.05) is 19.9 Å². The number of methoxy groups -OCH3 is 1. The summed E-state index contributed by atoms with van der Waals surface area (Å²) >= 11 is 0. The number of hydrogen-bond acceptors (Lipinski definition) is 9. The molecule has 38 heavy (non-hydrogen) atoms. The molecule has 0 spiro atoms. The normalized spacial score (nSPS) is 13.5. The molecule has 4 rings (SSSR count). The van der Waals surface area contributed by atoms with Crippen LogP contribution in [-0.2, 0) is 14.3 Å². The molecule has 3 aromatic rings. The summed E-state index contributed by atoms with van der Waals surface area (Å²) in [6.07, 6.45) is 1.54. The lowest BCUT2D eigenvalue weighted by atomic mass is 10.1. The molecule has 1 heterocycles. The Labute approximate surface area is 219 Å². The second kappa shape index (κ2) is 11.4. The fourth-order valence-corrected chi connectivity index (χ4v) is 3.63. The van der Waals surface area contributed by atoms with Gasteiger partial charge in [0.25, 0.3) is 0 Å². The number of esters is 3. The van der Waals surface area contributed by atoms with Crippen LogP contribution in [0.2, 0.25) is 0 Å². The molecule has 0 saturated heterocycles. The molecule has 9 heteroatoms. The summed E-state index contributed by atoms with van der Waals surface area (Å²) < 4.78 is 27.0. The van der Waals surface area contributed by atoms with Crippen molar-refractivity contribution in [2.45, 2.75) is 20.8 Å². The minimum Gasteiger partial charge on any atom is -0.493 e. The van der Waals surface area contributed by atoms with Gasteiger partial charge in [0, 0.05) is 12.5 Å². The van der Waals surface area contributed by atoms with Crippen molar-refractivity contribution >= 4 is 29.9 Å². The summed E-state index contributed by atoms with van der Waals surface area (Å²) in [5.74, 6) is -0.471. The van der Waals surface area contributed by atoms with E-state index in [-0.39, 0.29) is 28.8 Å². The molecule has 194 valence electrons. The van der Waals surface area contributed by atoms with Crippen LogP contribution in [0, 0.1) is 6.92 Å². The van der Waals surface area contributed by atoms with Crippen molar-refractivity contribution < 1.29 is 38.1 Å². The van der Waals surface area contributed by atoms with Crippen LogP contribution in [0.15, 0.2) is 71.4 Å². The van der Waals surface area contributed by atoms with Crippen LogP contribution in [0.3, 0.4) is 0 Å². The monoisotopic (exact) mass is 515 g/mol. The van der Waals surface area contributed by atoms with Gasteiger partial charge < -0.3 is 23.7 Å². The van der Waals surface area contributed by atoms with Crippen molar-refractivity contribution in [1.82, 2.24) is 0 Å². The van der Waals surface area contributed by atoms with E-state index in [0.717, 1.165) is 5.56 Å². The summed E-state index contributed by atoms with van der Waals surface area (Å²) in [5, 5.41) is 0. The summed E-state index contributed by atoms with van der Waals surface area (Å²) in [7, 11) is 1.43. The zero-order valence-electron chi connectivity index (χ0n) is 21.3. The van der Waals surface area contributed by atoms with E-state index in [9.17, 15) is 14.4 Å². The molecule has 1 aliphatic heterocycles. The molecule has 0 aromatic heterocycles. The second-order valence-corrected chi connectivity index (χ2v) is 8.19. The molecule has 0 atom stereocenters. The third kappa shape index (κ3) is 6.07. The van der Waals surface area contributed by atoms with Crippen LogP contribution in [0.5, 0.6) is 23.0 Å². The number of rotatable bonds is 8. The van der Waals surface area contributed by atoms with Gasteiger partial charge in [-0.2, -0.15) is 0 Å². The van der Waals surface area contributed by atoms with Crippen molar-refractivity contribution in [3.05, 3.63) is 88.6 Å². The van der Waals surface area contributed by atoms with Gasteiger partial charge in [0.05, 0.1) is 19.3 Å². The molecule has 0 N–H and O–H groups in total. The maximum atomic E-state index is 12.6. The zero-order chi connectivity index (χ0) is 27.2. The molecule has 9 nitrogen and oxygen atoms in total. The predicted molar refractivity (Wildman–Crippen MR) is 139 cm³/mol. The standard InChI is InChI=1S/C29H25NO8/c1-5-35-26-15-19(9-11-24(26)37-28(32)21-8-6-7-17(2)13-21)14-22-29(33)38-27(30-22)20-10-12-23(36-18(3)31)25(16-20)34-4/h6-16H,5H2,1-4H3/b22-14-. The second-order valence-electron chi connectivity index (χ2n) is 8.19. The molecule has 0 unspecified atom stereocenters. The fraction of sp³-hybridized carbons (Fsp3) is 0.172. The number of carbonyl (C=O) groups excluding carboxylic acids is 3. The number of cyclic esters (lactones) is 1. The molecule has 3 aromatic carbocycles. The largest absolute Gasteiger partial charge is 0.493 e. The van der Waals surface area contributed by atoms with Crippen molar-refractivity contribution in [1.29, 1.82) is 0 Å². The molecule has 0 bridgehead atoms. The highest BCUT2D eigenvalue weighted by atomic mass is 16.6. The van der Waals surface area contributed by atoms with E-state index in [1.54, 1.807) is 48.5 Å². The molecule has 0 fully saturated rings. The van der Waals surface area contributed by atoms with Gasteiger partial charge in [-0.05, 0) is 68.0 Å². The van der Waals surface area contributed by atoms with Crippen molar-refractivity contribution in [2.75, 3.05) is 13.7 Å². The van der Waals surface area contributed by atoms with Gasteiger partial charge in [0.15, 0.2) is 28.7 Å².